The van der Waals surface area contributed by atoms with Gasteiger partial charge in [-0.3, -0.25) is 0 Å². The smallest absolute Gasteiger partial charge is 0.221 e. The van der Waals surface area contributed by atoms with E-state index in [2.05, 4.69) is 4.98 Å². The zero-order valence-electron chi connectivity index (χ0n) is 10.3. The van der Waals surface area contributed by atoms with Crippen LogP contribution < -0.4 is 0 Å². The predicted molar refractivity (Wildman–Crippen MR) is 73.3 cm³/mol. The molecule has 0 aliphatic rings. The van der Waals surface area contributed by atoms with Crippen molar-refractivity contribution in [3.63, 3.8) is 0 Å². The van der Waals surface area contributed by atoms with Gasteiger partial charge in [-0.05, 0) is 0 Å². The van der Waals surface area contributed by atoms with Gasteiger partial charge >= 0.3 is 0 Å². The first kappa shape index (κ1) is 11.7. The molecule has 0 atom stereocenters. The Balaban J connectivity index is 2.17. The standard InChI is InChI=1S/C16H13NO2/c18-11-14-17-15(12-7-3-1-4-8-12)16(19-14)13-9-5-2-6-10-13/h1-10,18H,11H2. The van der Waals surface area contributed by atoms with Gasteiger partial charge in [0, 0.05) is 11.1 Å². The quantitative estimate of drug-likeness (QED) is 0.775. The van der Waals surface area contributed by atoms with Gasteiger partial charge in [-0.25, -0.2) is 4.98 Å². The second kappa shape index (κ2) is 5.08. The van der Waals surface area contributed by atoms with Gasteiger partial charge in [-0.15, -0.1) is 0 Å². The highest BCUT2D eigenvalue weighted by Gasteiger charge is 2.15. The molecule has 0 radical (unpaired) electrons. The minimum absolute atomic E-state index is 0.202. The molecule has 94 valence electrons. The number of nitrogens with zero attached hydrogens (tertiary/aromatic N) is 1. The van der Waals surface area contributed by atoms with Crippen LogP contribution in [0.15, 0.2) is 65.1 Å². The Bertz CT molecular complexity index is 603. The Kier molecular flexibility index (Phi) is 3.12. The monoisotopic (exact) mass is 251 g/mol. The summed E-state index contributed by atoms with van der Waals surface area (Å²) < 4.78 is 5.64. The van der Waals surface area contributed by atoms with Crippen LogP contribution in [-0.4, -0.2) is 10.1 Å². The van der Waals surface area contributed by atoms with Gasteiger partial charge in [0.25, 0.3) is 0 Å². The Labute approximate surface area is 111 Å². The molecule has 3 heteroatoms. The lowest BCUT2D eigenvalue weighted by Gasteiger charge is -2.00. The SMILES string of the molecule is OCc1nc(-c2ccccc2)c(-c2ccccc2)o1. The number of aromatic nitrogens is 1. The molecule has 3 nitrogen and oxygen atoms in total. The lowest BCUT2D eigenvalue weighted by Crippen LogP contribution is -1.83. The highest BCUT2D eigenvalue weighted by Crippen LogP contribution is 2.32. The molecule has 0 fully saturated rings. The van der Waals surface area contributed by atoms with Gasteiger partial charge in [0.15, 0.2) is 5.76 Å². The fourth-order valence-corrected chi connectivity index (χ4v) is 2.01. The molecular weight excluding hydrogens is 238 g/mol. The molecule has 3 aromatic rings. The Morgan fingerprint density at radius 3 is 2.00 bits per heavy atom. The molecule has 0 saturated carbocycles. The lowest BCUT2D eigenvalue weighted by atomic mass is 10.1. The van der Waals surface area contributed by atoms with Crippen LogP contribution in [0.4, 0.5) is 0 Å². The fourth-order valence-electron chi connectivity index (χ4n) is 2.01. The molecule has 19 heavy (non-hydrogen) atoms. The molecule has 1 aromatic heterocycles. The van der Waals surface area contributed by atoms with E-state index in [1.165, 1.54) is 0 Å². The van der Waals surface area contributed by atoms with E-state index in [1.54, 1.807) is 0 Å². The van der Waals surface area contributed by atoms with Crippen LogP contribution in [0.3, 0.4) is 0 Å². The summed E-state index contributed by atoms with van der Waals surface area (Å²) in [4.78, 5) is 4.36. The van der Waals surface area contributed by atoms with Gasteiger partial charge in [0.05, 0.1) is 0 Å². The van der Waals surface area contributed by atoms with E-state index in [4.69, 9.17) is 4.42 Å². The van der Waals surface area contributed by atoms with Crippen molar-refractivity contribution in [2.45, 2.75) is 6.61 Å². The second-order valence-electron chi connectivity index (χ2n) is 4.18. The summed E-state index contributed by atoms with van der Waals surface area (Å²) in [5.74, 6) is 1.02. The van der Waals surface area contributed by atoms with E-state index in [-0.39, 0.29) is 6.61 Å². The van der Waals surface area contributed by atoms with E-state index in [0.717, 1.165) is 16.8 Å². The molecule has 0 saturated heterocycles. The largest absolute Gasteiger partial charge is 0.437 e. The molecule has 1 N–H and O–H groups in total. The third kappa shape index (κ3) is 2.28. The summed E-state index contributed by atoms with van der Waals surface area (Å²) in [6, 6.07) is 19.6. The van der Waals surface area contributed by atoms with Crippen molar-refractivity contribution in [3.05, 3.63) is 66.6 Å². The topological polar surface area (TPSA) is 46.3 Å². The van der Waals surface area contributed by atoms with E-state index in [1.807, 2.05) is 60.7 Å². The average molecular weight is 251 g/mol. The van der Waals surface area contributed by atoms with Crippen LogP contribution >= 0.6 is 0 Å². The molecule has 2 aromatic carbocycles. The Hall–Kier alpha value is -2.39. The minimum atomic E-state index is -0.202. The molecule has 0 unspecified atom stereocenters. The molecule has 1 heterocycles. The summed E-state index contributed by atoms with van der Waals surface area (Å²) in [6.07, 6.45) is 0. The zero-order chi connectivity index (χ0) is 13.1. The van der Waals surface area contributed by atoms with E-state index < -0.39 is 0 Å². The normalized spacial score (nSPS) is 10.6. The third-order valence-corrected chi connectivity index (χ3v) is 2.89. The lowest BCUT2D eigenvalue weighted by molar-refractivity contribution is 0.241. The van der Waals surface area contributed by atoms with Crippen molar-refractivity contribution in [1.82, 2.24) is 4.98 Å². The van der Waals surface area contributed by atoms with Crippen molar-refractivity contribution in [1.29, 1.82) is 0 Å². The van der Waals surface area contributed by atoms with Gasteiger partial charge in [-0.1, -0.05) is 60.7 Å². The Morgan fingerprint density at radius 1 is 0.842 bits per heavy atom. The second-order valence-corrected chi connectivity index (χ2v) is 4.18. The van der Waals surface area contributed by atoms with Gasteiger partial charge in [0.1, 0.15) is 12.3 Å². The van der Waals surface area contributed by atoms with Crippen molar-refractivity contribution < 1.29 is 9.52 Å². The summed E-state index contributed by atoms with van der Waals surface area (Å²) in [7, 11) is 0. The number of hydrogen-bond acceptors (Lipinski definition) is 3. The summed E-state index contributed by atoms with van der Waals surface area (Å²) in [5, 5.41) is 9.21. The van der Waals surface area contributed by atoms with Crippen LogP contribution in [0.5, 0.6) is 0 Å². The number of aliphatic hydroxyl groups excluding tert-OH is 1. The maximum Gasteiger partial charge on any atom is 0.221 e. The van der Waals surface area contributed by atoms with Crippen LogP contribution in [0.1, 0.15) is 5.89 Å². The van der Waals surface area contributed by atoms with Crippen molar-refractivity contribution in [2.75, 3.05) is 0 Å². The van der Waals surface area contributed by atoms with Crippen molar-refractivity contribution in [3.8, 4) is 22.6 Å². The highest BCUT2D eigenvalue weighted by molar-refractivity contribution is 5.76. The molecule has 0 amide bonds. The van der Waals surface area contributed by atoms with Gasteiger partial charge in [0.2, 0.25) is 5.89 Å². The molecule has 0 bridgehead atoms. The highest BCUT2D eigenvalue weighted by atomic mass is 16.4. The number of hydrogen-bond donors (Lipinski definition) is 1. The minimum Gasteiger partial charge on any atom is -0.437 e. The van der Waals surface area contributed by atoms with Gasteiger partial charge < -0.3 is 9.52 Å². The summed E-state index contributed by atoms with van der Waals surface area (Å²) >= 11 is 0. The number of aliphatic hydroxyl groups is 1. The van der Waals surface area contributed by atoms with Crippen LogP contribution in [-0.2, 0) is 6.61 Å². The molecule has 0 aliphatic heterocycles. The number of oxazole rings is 1. The van der Waals surface area contributed by atoms with Crippen molar-refractivity contribution in [2.24, 2.45) is 0 Å². The Morgan fingerprint density at radius 2 is 1.42 bits per heavy atom. The fraction of sp³-hybridized carbons (Fsp3) is 0.0625. The number of rotatable bonds is 3. The number of benzene rings is 2. The first-order valence-corrected chi connectivity index (χ1v) is 6.10. The summed E-state index contributed by atoms with van der Waals surface area (Å²) in [5.41, 5.74) is 2.69. The van der Waals surface area contributed by atoms with E-state index in [9.17, 15) is 5.11 Å². The van der Waals surface area contributed by atoms with Crippen LogP contribution in [0.25, 0.3) is 22.6 Å². The third-order valence-electron chi connectivity index (χ3n) is 2.89. The van der Waals surface area contributed by atoms with Crippen LogP contribution in [0.2, 0.25) is 0 Å². The molecule has 0 spiro atoms. The van der Waals surface area contributed by atoms with E-state index >= 15 is 0 Å². The maximum absolute atomic E-state index is 9.21. The van der Waals surface area contributed by atoms with Crippen molar-refractivity contribution >= 4 is 0 Å². The summed E-state index contributed by atoms with van der Waals surface area (Å²) in [6.45, 7) is -0.202. The molecule has 0 aliphatic carbocycles. The molecule has 3 rings (SSSR count). The van der Waals surface area contributed by atoms with Gasteiger partial charge in [-0.2, -0.15) is 0 Å². The maximum atomic E-state index is 9.21. The first-order valence-electron chi connectivity index (χ1n) is 6.10. The van der Waals surface area contributed by atoms with E-state index in [0.29, 0.717) is 11.7 Å². The first-order chi connectivity index (χ1) is 9.38. The van der Waals surface area contributed by atoms with Crippen LogP contribution in [0, 0.1) is 0 Å². The predicted octanol–water partition coefficient (Wildman–Crippen LogP) is 3.50. The molecular formula is C16H13NO2. The zero-order valence-corrected chi connectivity index (χ0v) is 10.3. The average Bonchev–Trinajstić information content (AvgIpc) is 2.93.